The van der Waals surface area contributed by atoms with E-state index in [4.69, 9.17) is 0 Å². The molecule has 5 heteroatoms. The molecule has 3 rings (SSSR count). The number of phenols is 1. The molecule has 0 unspecified atom stereocenters. The predicted molar refractivity (Wildman–Crippen MR) is 107 cm³/mol. The van der Waals surface area contributed by atoms with Crippen molar-refractivity contribution in [3.05, 3.63) is 89.2 Å². The monoisotopic (exact) mass is 372 g/mol. The number of carbonyl (C=O) groups excluding carboxylic acids is 1. The molecule has 0 atom stereocenters. The minimum absolute atomic E-state index is 0.0132. The van der Waals surface area contributed by atoms with E-state index in [9.17, 15) is 19.6 Å². The van der Waals surface area contributed by atoms with Crippen molar-refractivity contribution in [2.45, 2.75) is 6.92 Å². The molecule has 0 heterocycles. The number of hydrogen-bond acceptors (Lipinski definition) is 3. The van der Waals surface area contributed by atoms with Crippen LogP contribution >= 0.6 is 0 Å². The lowest BCUT2D eigenvalue weighted by Gasteiger charge is -2.16. The van der Waals surface area contributed by atoms with Crippen LogP contribution in [-0.2, 0) is 4.79 Å². The lowest BCUT2D eigenvalue weighted by atomic mass is 9.94. The number of hydrogen-bond donors (Lipinski definition) is 2. The molecule has 28 heavy (non-hydrogen) atoms. The molecular weight excluding hydrogens is 355 g/mol. The minimum Gasteiger partial charge on any atom is -0.503 e. The van der Waals surface area contributed by atoms with E-state index in [-0.39, 0.29) is 16.8 Å². The van der Waals surface area contributed by atoms with Crippen molar-refractivity contribution in [2.24, 2.45) is 0 Å². The maximum Gasteiger partial charge on any atom is 0.248 e. The third-order valence-electron chi connectivity index (χ3n) is 4.31. The number of benzene rings is 3. The van der Waals surface area contributed by atoms with Crippen molar-refractivity contribution in [2.75, 3.05) is 5.32 Å². The summed E-state index contributed by atoms with van der Waals surface area (Å²) in [6, 6.07) is 19.8. The van der Waals surface area contributed by atoms with Crippen molar-refractivity contribution in [3.63, 3.8) is 0 Å². The van der Waals surface area contributed by atoms with Gasteiger partial charge < -0.3 is 10.4 Å². The highest BCUT2D eigenvalue weighted by molar-refractivity contribution is 6.04. The number of halogens is 1. The molecule has 0 saturated heterocycles. The maximum absolute atomic E-state index is 14.9. The number of rotatable bonds is 4. The number of nitrogens with one attached hydrogen (secondary N) is 1. The van der Waals surface area contributed by atoms with Crippen LogP contribution in [0.5, 0.6) is 5.75 Å². The van der Waals surface area contributed by atoms with Crippen LogP contribution in [0, 0.1) is 24.1 Å². The predicted octanol–water partition coefficient (Wildman–Crippen LogP) is 5.03. The van der Waals surface area contributed by atoms with Gasteiger partial charge in [-0.15, -0.1) is 0 Å². The lowest BCUT2D eigenvalue weighted by Crippen LogP contribution is -2.11. The highest BCUT2D eigenvalue weighted by Crippen LogP contribution is 2.40. The van der Waals surface area contributed by atoms with Crippen molar-refractivity contribution in [1.29, 1.82) is 5.26 Å². The average Bonchev–Trinajstić information content (AvgIpc) is 2.72. The van der Waals surface area contributed by atoms with Crippen molar-refractivity contribution in [3.8, 4) is 22.9 Å². The normalized spacial score (nSPS) is 10.6. The third-order valence-corrected chi connectivity index (χ3v) is 4.31. The Labute approximate surface area is 162 Å². The molecule has 0 spiro atoms. The number of nitrogens with zero attached hydrogens (tertiary/aromatic N) is 1. The number of aromatic hydroxyl groups is 1. The van der Waals surface area contributed by atoms with Gasteiger partial charge in [-0.3, -0.25) is 4.79 Å². The van der Waals surface area contributed by atoms with Gasteiger partial charge in [0.15, 0.2) is 11.6 Å². The Morgan fingerprint density at radius 3 is 2.32 bits per heavy atom. The smallest absolute Gasteiger partial charge is 0.248 e. The summed E-state index contributed by atoms with van der Waals surface area (Å²) >= 11 is 0. The highest BCUT2D eigenvalue weighted by atomic mass is 19.1. The Bertz CT molecular complexity index is 1090. The second-order valence-electron chi connectivity index (χ2n) is 6.12. The molecule has 0 aromatic heterocycles. The van der Waals surface area contributed by atoms with Crippen LogP contribution in [0.25, 0.3) is 17.2 Å². The summed E-state index contributed by atoms with van der Waals surface area (Å²) < 4.78 is 14.9. The SMILES string of the molecule is Cc1c(C#N)c(NC(=O)/C=C/c2ccccc2)c(O)c(F)c1-c1ccccc1. The number of phenolic OH excluding ortho intramolecular Hbond substituents is 1. The second-order valence-corrected chi connectivity index (χ2v) is 6.12. The maximum atomic E-state index is 14.9. The van der Waals surface area contributed by atoms with Crippen molar-refractivity contribution < 1.29 is 14.3 Å². The van der Waals surface area contributed by atoms with E-state index in [0.717, 1.165) is 5.56 Å². The van der Waals surface area contributed by atoms with E-state index in [0.29, 0.717) is 11.1 Å². The van der Waals surface area contributed by atoms with Crippen molar-refractivity contribution >= 4 is 17.7 Å². The van der Waals surface area contributed by atoms with Gasteiger partial charge in [-0.25, -0.2) is 4.39 Å². The van der Waals surface area contributed by atoms with E-state index >= 15 is 0 Å². The summed E-state index contributed by atoms with van der Waals surface area (Å²) in [4.78, 5) is 12.2. The summed E-state index contributed by atoms with van der Waals surface area (Å²) in [5.41, 5.74) is 1.59. The first kappa shape index (κ1) is 18.9. The summed E-state index contributed by atoms with van der Waals surface area (Å²) in [6.45, 7) is 1.58. The van der Waals surface area contributed by atoms with Crippen LogP contribution in [0.2, 0.25) is 0 Å². The van der Waals surface area contributed by atoms with Gasteiger partial charge in [0.1, 0.15) is 11.8 Å². The van der Waals surface area contributed by atoms with Crippen LogP contribution in [0.4, 0.5) is 10.1 Å². The zero-order chi connectivity index (χ0) is 20.1. The Kier molecular flexibility index (Phi) is 5.52. The van der Waals surface area contributed by atoms with E-state index in [1.807, 2.05) is 36.4 Å². The number of carbonyl (C=O) groups is 1. The molecule has 1 amide bonds. The van der Waals surface area contributed by atoms with Gasteiger partial charge in [0.25, 0.3) is 0 Å². The van der Waals surface area contributed by atoms with Gasteiger partial charge in [0.2, 0.25) is 5.91 Å². The second kappa shape index (κ2) is 8.19. The van der Waals surface area contributed by atoms with E-state index in [1.54, 1.807) is 43.3 Å². The summed E-state index contributed by atoms with van der Waals surface area (Å²) in [7, 11) is 0. The average molecular weight is 372 g/mol. The molecule has 2 N–H and O–H groups in total. The minimum atomic E-state index is -0.884. The number of nitriles is 1. The quantitative estimate of drug-likeness (QED) is 0.498. The van der Waals surface area contributed by atoms with Gasteiger partial charge in [-0.05, 0) is 29.7 Å². The van der Waals surface area contributed by atoms with Gasteiger partial charge in [0.05, 0.1) is 5.56 Å². The van der Waals surface area contributed by atoms with E-state index in [2.05, 4.69) is 5.32 Å². The molecule has 0 aliphatic carbocycles. The standard InChI is InChI=1S/C23H17FN2O2/c1-15-18(14-25)22(26-19(27)13-12-16-8-4-2-5-9-16)23(28)21(24)20(15)17-10-6-3-7-11-17/h2-13,28H,1H3,(H,26,27)/b13-12+. The molecule has 3 aromatic rings. The van der Waals surface area contributed by atoms with Gasteiger partial charge in [-0.2, -0.15) is 5.26 Å². The Balaban J connectivity index is 1.99. The molecule has 3 aromatic carbocycles. The lowest BCUT2D eigenvalue weighted by molar-refractivity contribution is -0.111. The fourth-order valence-electron chi connectivity index (χ4n) is 2.93. The fourth-order valence-corrected chi connectivity index (χ4v) is 2.93. The van der Waals surface area contributed by atoms with Gasteiger partial charge >= 0.3 is 0 Å². The van der Waals surface area contributed by atoms with Crippen LogP contribution in [-0.4, -0.2) is 11.0 Å². The summed E-state index contributed by atoms with van der Waals surface area (Å²) in [5.74, 6) is -2.23. The Morgan fingerprint density at radius 2 is 1.71 bits per heavy atom. The van der Waals surface area contributed by atoms with Gasteiger partial charge in [0, 0.05) is 11.6 Å². The molecule has 0 aliphatic rings. The van der Waals surface area contributed by atoms with E-state index < -0.39 is 17.5 Å². The third kappa shape index (κ3) is 3.76. The molecular formula is C23H17FN2O2. The Morgan fingerprint density at radius 1 is 1.11 bits per heavy atom. The molecule has 0 radical (unpaired) electrons. The highest BCUT2D eigenvalue weighted by Gasteiger charge is 2.23. The molecule has 0 bridgehead atoms. The zero-order valence-electron chi connectivity index (χ0n) is 15.1. The molecule has 0 saturated carbocycles. The number of amides is 1. The fraction of sp³-hybridized carbons (Fsp3) is 0.0435. The van der Waals surface area contributed by atoms with Crippen LogP contribution < -0.4 is 5.32 Å². The van der Waals surface area contributed by atoms with Crippen molar-refractivity contribution in [1.82, 2.24) is 0 Å². The first-order valence-corrected chi connectivity index (χ1v) is 8.57. The molecule has 138 valence electrons. The van der Waals surface area contributed by atoms with Crippen LogP contribution in [0.15, 0.2) is 66.7 Å². The Hall–Kier alpha value is -3.91. The topological polar surface area (TPSA) is 73.1 Å². The van der Waals surface area contributed by atoms with Gasteiger partial charge in [-0.1, -0.05) is 60.7 Å². The number of anilines is 1. The first-order chi connectivity index (χ1) is 13.5. The zero-order valence-corrected chi connectivity index (χ0v) is 15.1. The van der Waals surface area contributed by atoms with Crippen LogP contribution in [0.1, 0.15) is 16.7 Å². The molecule has 0 aliphatic heterocycles. The molecule has 4 nitrogen and oxygen atoms in total. The first-order valence-electron chi connectivity index (χ1n) is 8.57. The molecule has 0 fully saturated rings. The van der Waals surface area contributed by atoms with Crippen LogP contribution in [0.3, 0.4) is 0 Å². The van der Waals surface area contributed by atoms with E-state index in [1.165, 1.54) is 6.08 Å². The summed E-state index contributed by atoms with van der Waals surface area (Å²) in [6.07, 6.45) is 2.84. The largest absolute Gasteiger partial charge is 0.503 e. The summed E-state index contributed by atoms with van der Waals surface area (Å²) in [5, 5.41) is 22.3.